The van der Waals surface area contributed by atoms with Gasteiger partial charge < -0.3 is 14.2 Å². The fourth-order valence-electron chi connectivity index (χ4n) is 3.65. The summed E-state index contributed by atoms with van der Waals surface area (Å²) in [5, 5.41) is 0. The molecule has 3 rings (SSSR count). The van der Waals surface area contributed by atoms with Gasteiger partial charge in [0.2, 0.25) is 0 Å². The molecule has 26 heavy (non-hydrogen) atoms. The van der Waals surface area contributed by atoms with Crippen molar-refractivity contribution >= 4 is 17.7 Å². The zero-order valence-electron chi connectivity index (χ0n) is 16.1. The van der Waals surface area contributed by atoms with E-state index >= 15 is 0 Å². The van der Waals surface area contributed by atoms with Gasteiger partial charge in [-0.3, -0.25) is 14.6 Å². The molecule has 5 atom stereocenters. The van der Waals surface area contributed by atoms with Crippen molar-refractivity contribution in [2.75, 3.05) is 6.54 Å². The van der Waals surface area contributed by atoms with Gasteiger partial charge in [0, 0.05) is 13.5 Å². The standard InChI is InChI=1S/C20H27NO5/c1-6-11(2)19(23)25-16(13(4)24-14(5)22)10-15-9-12(3)18-20(15)17(26-20)7-8-21-18/h9-11,13,16-17H,6-8H2,1-5H3/b15-10-/t11?,13?,16?,17-,20-/m1/s1. The Labute approximate surface area is 154 Å². The second-order valence-corrected chi connectivity index (χ2v) is 7.34. The molecular formula is C20H27NO5. The lowest BCUT2D eigenvalue weighted by Crippen LogP contribution is -2.35. The highest BCUT2D eigenvalue weighted by molar-refractivity contribution is 6.15. The molecule has 0 aromatic heterocycles. The lowest BCUT2D eigenvalue weighted by atomic mass is 9.90. The van der Waals surface area contributed by atoms with E-state index in [1.807, 2.05) is 32.9 Å². The minimum Gasteiger partial charge on any atom is -0.459 e. The molecule has 0 radical (unpaired) electrons. The van der Waals surface area contributed by atoms with Gasteiger partial charge in [-0.25, -0.2) is 0 Å². The summed E-state index contributed by atoms with van der Waals surface area (Å²) in [5.41, 5.74) is 2.51. The molecule has 1 aliphatic carbocycles. The number of carbonyl (C=O) groups excluding carboxylic acids is 2. The van der Waals surface area contributed by atoms with E-state index in [2.05, 4.69) is 4.99 Å². The Morgan fingerprint density at radius 3 is 2.81 bits per heavy atom. The van der Waals surface area contributed by atoms with E-state index in [-0.39, 0.29) is 18.0 Å². The molecule has 0 saturated carbocycles. The van der Waals surface area contributed by atoms with E-state index in [1.165, 1.54) is 6.92 Å². The predicted octanol–water partition coefficient (Wildman–Crippen LogP) is 2.76. The number of rotatable bonds is 6. The summed E-state index contributed by atoms with van der Waals surface area (Å²) in [7, 11) is 0. The Balaban J connectivity index is 1.88. The van der Waals surface area contributed by atoms with Crippen molar-refractivity contribution in [3.8, 4) is 0 Å². The molecule has 1 fully saturated rings. The van der Waals surface area contributed by atoms with Gasteiger partial charge in [-0.15, -0.1) is 0 Å². The Morgan fingerprint density at radius 2 is 2.15 bits per heavy atom. The second kappa shape index (κ2) is 6.99. The number of carbonyl (C=O) groups is 2. The second-order valence-electron chi connectivity index (χ2n) is 7.34. The molecule has 0 N–H and O–H groups in total. The molecular weight excluding hydrogens is 334 g/mol. The van der Waals surface area contributed by atoms with Crippen molar-refractivity contribution in [3.05, 3.63) is 23.3 Å². The van der Waals surface area contributed by atoms with Crippen LogP contribution < -0.4 is 0 Å². The van der Waals surface area contributed by atoms with Gasteiger partial charge in [-0.1, -0.05) is 19.9 Å². The molecule has 0 aromatic rings. The van der Waals surface area contributed by atoms with Crippen LogP contribution >= 0.6 is 0 Å². The van der Waals surface area contributed by atoms with Crippen LogP contribution in [0.2, 0.25) is 0 Å². The summed E-state index contributed by atoms with van der Waals surface area (Å²) in [5.74, 6) is -0.913. The van der Waals surface area contributed by atoms with Gasteiger partial charge in [0.05, 0.1) is 11.6 Å². The zero-order chi connectivity index (χ0) is 19.1. The molecule has 0 amide bonds. The number of hydrogen-bond acceptors (Lipinski definition) is 6. The van der Waals surface area contributed by atoms with Crippen LogP contribution in [0, 0.1) is 5.92 Å². The van der Waals surface area contributed by atoms with Crippen molar-refractivity contribution in [1.82, 2.24) is 0 Å². The Hall–Kier alpha value is -1.95. The van der Waals surface area contributed by atoms with E-state index in [0.717, 1.165) is 29.8 Å². The monoisotopic (exact) mass is 361 g/mol. The number of epoxide rings is 1. The van der Waals surface area contributed by atoms with E-state index in [4.69, 9.17) is 14.2 Å². The smallest absolute Gasteiger partial charge is 0.309 e. The molecule has 1 spiro atoms. The maximum absolute atomic E-state index is 12.3. The Morgan fingerprint density at radius 1 is 1.42 bits per heavy atom. The SMILES string of the molecule is CCC(C)C(=O)OC(/C=C1/C=C(C)C2=NCC[C@H]3O[C@]213)C(C)OC(C)=O. The number of hydrogen-bond donors (Lipinski definition) is 0. The lowest BCUT2D eigenvalue weighted by molar-refractivity contribution is -0.164. The average Bonchev–Trinajstić information content (AvgIpc) is 3.28. The molecule has 142 valence electrons. The van der Waals surface area contributed by atoms with Crippen molar-refractivity contribution in [2.24, 2.45) is 10.9 Å². The van der Waals surface area contributed by atoms with E-state index in [1.54, 1.807) is 6.92 Å². The predicted molar refractivity (Wildman–Crippen MR) is 96.9 cm³/mol. The minimum atomic E-state index is -0.667. The van der Waals surface area contributed by atoms with Crippen LogP contribution in [0.15, 0.2) is 28.3 Å². The van der Waals surface area contributed by atoms with Gasteiger partial charge in [0.25, 0.3) is 0 Å². The van der Waals surface area contributed by atoms with Gasteiger partial charge in [0.15, 0.2) is 11.7 Å². The first-order valence-corrected chi connectivity index (χ1v) is 9.31. The van der Waals surface area contributed by atoms with Crippen LogP contribution in [0.5, 0.6) is 0 Å². The first-order chi connectivity index (χ1) is 12.3. The minimum absolute atomic E-state index is 0.130. The summed E-state index contributed by atoms with van der Waals surface area (Å²) in [6.45, 7) is 9.63. The molecule has 2 aliphatic heterocycles. The third-order valence-corrected chi connectivity index (χ3v) is 5.34. The Kier molecular flexibility index (Phi) is 5.06. The van der Waals surface area contributed by atoms with E-state index in [0.29, 0.717) is 6.42 Å². The maximum Gasteiger partial charge on any atom is 0.309 e. The van der Waals surface area contributed by atoms with Crippen molar-refractivity contribution in [2.45, 2.75) is 71.4 Å². The number of esters is 2. The topological polar surface area (TPSA) is 77.5 Å². The molecule has 0 bridgehead atoms. The third-order valence-electron chi connectivity index (χ3n) is 5.34. The largest absolute Gasteiger partial charge is 0.459 e. The molecule has 1 saturated heterocycles. The van der Waals surface area contributed by atoms with Crippen molar-refractivity contribution in [3.63, 3.8) is 0 Å². The van der Waals surface area contributed by atoms with Gasteiger partial charge >= 0.3 is 11.9 Å². The van der Waals surface area contributed by atoms with Crippen LogP contribution in [0.4, 0.5) is 0 Å². The molecule has 0 aromatic carbocycles. The van der Waals surface area contributed by atoms with Crippen LogP contribution in [0.3, 0.4) is 0 Å². The molecule has 3 unspecified atom stereocenters. The average molecular weight is 361 g/mol. The van der Waals surface area contributed by atoms with Gasteiger partial charge in [0.1, 0.15) is 12.2 Å². The highest BCUT2D eigenvalue weighted by Crippen LogP contribution is 2.54. The zero-order valence-corrected chi connectivity index (χ0v) is 16.1. The number of aliphatic imine (C=N–C) groups is 1. The fraction of sp³-hybridized carbons (Fsp3) is 0.650. The fourth-order valence-corrected chi connectivity index (χ4v) is 3.65. The van der Waals surface area contributed by atoms with E-state index in [9.17, 15) is 9.59 Å². The summed E-state index contributed by atoms with van der Waals surface area (Å²) in [6, 6.07) is 0. The van der Waals surface area contributed by atoms with Crippen LogP contribution in [-0.2, 0) is 23.8 Å². The van der Waals surface area contributed by atoms with Crippen LogP contribution in [-0.4, -0.2) is 48.1 Å². The third kappa shape index (κ3) is 3.22. The van der Waals surface area contributed by atoms with Crippen LogP contribution in [0.25, 0.3) is 0 Å². The molecule has 2 heterocycles. The number of nitrogens with zero attached hydrogens (tertiary/aromatic N) is 1. The normalized spacial score (nSPS) is 31.1. The van der Waals surface area contributed by atoms with Crippen molar-refractivity contribution in [1.29, 1.82) is 0 Å². The summed E-state index contributed by atoms with van der Waals surface area (Å²) in [4.78, 5) is 28.3. The first kappa shape index (κ1) is 18.8. The van der Waals surface area contributed by atoms with Gasteiger partial charge in [-0.2, -0.15) is 0 Å². The maximum atomic E-state index is 12.3. The quantitative estimate of drug-likeness (QED) is 0.537. The van der Waals surface area contributed by atoms with Crippen molar-refractivity contribution < 1.29 is 23.8 Å². The molecule has 6 heteroatoms. The molecule has 3 aliphatic rings. The lowest BCUT2D eigenvalue weighted by Gasteiger charge is -2.24. The van der Waals surface area contributed by atoms with E-state index < -0.39 is 23.8 Å². The molecule has 6 nitrogen and oxygen atoms in total. The highest BCUT2D eigenvalue weighted by Gasteiger charge is 2.65. The van der Waals surface area contributed by atoms with Gasteiger partial charge in [-0.05, 0) is 43.9 Å². The number of ether oxygens (including phenoxy) is 3. The Bertz CT molecular complexity index is 707. The summed E-state index contributed by atoms with van der Waals surface area (Å²) >= 11 is 0. The highest BCUT2D eigenvalue weighted by atomic mass is 16.6. The first-order valence-electron chi connectivity index (χ1n) is 9.31. The van der Waals surface area contributed by atoms with Crippen LogP contribution in [0.1, 0.15) is 47.5 Å². The summed E-state index contributed by atoms with van der Waals surface area (Å²) in [6.07, 6.45) is 4.36. The summed E-state index contributed by atoms with van der Waals surface area (Å²) < 4.78 is 17.0.